The number of sulfonamides is 1. The highest BCUT2D eigenvalue weighted by atomic mass is 32.2. The number of nitrogens with one attached hydrogen (secondary N) is 1. The lowest BCUT2D eigenvalue weighted by atomic mass is 9.99. The van der Waals surface area contributed by atoms with E-state index in [0.29, 0.717) is 12.1 Å². The van der Waals surface area contributed by atoms with Gasteiger partial charge in [-0.05, 0) is 41.8 Å². The summed E-state index contributed by atoms with van der Waals surface area (Å²) in [4.78, 5) is 11.1. The predicted molar refractivity (Wildman–Crippen MR) is 82.9 cm³/mol. The van der Waals surface area contributed by atoms with Gasteiger partial charge < -0.3 is 0 Å². The van der Waals surface area contributed by atoms with Crippen molar-refractivity contribution in [1.82, 2.24) is 4.72 Å². The molecule has 0 amide bonds. The molecular weight excluding hydrogens is 286 g/mol. The highest BCUT2D eigenvalue weighted by Crippen LogP contribution is 2.26. The number of carbonyl (C=O) groups is 1. The molecule has 0 saturated carbocycles. The van der Waals surface area contributed by atoms with Crippen LogP contribution in [0.3, 0.4) is 0 Å². The highest BCUT2D eigenvalue weighted by Gasteiger charge is 2.14. The number of hydrogen-bond donors (Lipinski definition) is 1. The van der Waals surface area contributed by atoms with Crippen molar-refractivity contribution in [2.75, 3.05) is 6.54 Å². The predicted octanol–water partition coefficient (Wildman–Crippen LogP) is 2.77. The number of rotatable bonds is 5. The third kappa shape index (κ3) is 3.37. The molecule has 0 aromatic heterocycles. The summed E-state index contributed by atoms with van der Waals surface area (Å²) in [5, 5.41) is 0. The molecule has 2 aromatic rings. The normalized spacial score (nSPS) is 11.3. The van der Waals surface area contributed by atoms with Crippen LogP contribution in [0.15, 0.2) is 47.4 Å². The van der Waals surface area contributed by atoms with Crippen LogP contribution in [0.25, 0.3) is 11.1 Å². The van der Waals surface area contributed by atoms with Crippen LogP contribution in [-0.4, -0.2) is 21.2 Å². The van der Waals surface area contributed by atoms with Crippen LogP contribution in [0.1, 0.15) is 22.8 Å². The van der Waals surface area contributed by atoms with E-state index in [2.05, 4.69) is 4.72 Å². The Balaban J connectivity index is 2.46. The van der Waals surface area contributed by atoms with Crippen molar-refractivity contribution in [2.45, 2.75) is 18.7 Å². The average Bonchev–Trinajstić information content (AvgIpc) is 2.47. The van der Waals surface area contributed by atoms with Gasteiger partial charge >= 0.3 is 0 Å². The Morgan fingerprint density at radius 3 is 2.52 bits per heavy atom. The van der Waals surface area contributed by atoms with Crippen molar-refractivity contribution < 1.29 is 13.2 Å². The summed E-state index contributed by atoms with van der Waals surface area (Å²) in [6.45, 7) is 3.95. The second kappa shape index (κ2) is 6.20. The molecule has 0 aliphatic heterocycles. The van der Waals surface area contributed by atoms with E-state index in [1.807, 2.05) is 19.1 Å². The van der Waals surface area contributed by atoms with E-state index in [1.165, 1.54) is 0 Å². The third-order valence-corrected chi connectivity index (χ3v) is 4.72. The molecule has 0 aliphatic rings. The van der Waals surface area contributed by atoms with Crippen LogP contribution in [0, 0.1) is 6.92 Å². The van der Waals surface area contributed by atoms with Gasteiger partial charge in [-0.1, -0.05) is 31.2 Å². The van der Waals surface area contributed by atoms with E-state index >= 15 is 0 Å². The van der Waals surface area contributed by atoms with Gasteiger partial charge in [-0.25, -0.2) is 13.1 Å². The summed E-state index contributed by atoms with van der Waals surface area (Å²) >= 11 is 0. The van der Waals surface area contributed by atoms with Gasteiger partial charge in [-0.3, -0.25) is 4.79 Å². The van der Waals surface area contributed by atoms with Crippen molar-refractivity contribution in [3.05, 3.63) is 53.6 Å². The molecule has 2 rings (SSSR count). The van der Waals surface area contributed by atoms with Gasteiger partial charge in [0.1, 0.15) is 6.29 Å². The van der Waals surface area contributed by atoms with Crippen molar-refractivity contribution in [1.29, 1.82) is 0 Å². The van der Waals surface area contributed by atoms with Crippen molar-refractivity contribution in [3.8, 4) is 11.1 Å². The minimum absolute atomic E-state index is 0.247. The molecule has 21 heavy (non-hydrogen) atoms. The van der Waals surface area contributed by atoms with E-state index in [4.69, 9.17) is 0 Å². The molecule has 2 aromatic carbocycles. The second-order valence-electron chi connectivity index (χ2n) is 4.72. The Hall–Kier alpha value is -1.98. The lowest BCUT2D eigenvalue weighted by Crippen LogP contribution is -2.23. The summed E-state index contributed by atoms with van der Waals surface area (Å²) in [5.74, 6) is 0. The number of benzene rings is 2. The Morgan fingerprint density at radius 2 is 1.90 bits per heavy atom. The smallest absolute Gasteiger partial charge is 0.240 e. The maximum absolute atomic E-state index is 12.0. The minimum atomic E-state index is -3.45. The molecule has 0 saturated heterocycles. The summed E-state index contributed by atoms with van der Waals surface area (Å²) in [5.41, 5.74) is 3.24. The molecular formula is C16H17NO3S. The zero-order chi connectivity index (χ0) is 15.5. The fourth-order valence-electron chi connectivity index (χ4n) is 2.18. The lowest BCUT2D eigenvalue weighted by molar-refractivity contribution is 0.112. The Morgan fingerprint density at radius 1 is 1.14 bits per heavy atom. The average molecular weight is 303 g/mol. The van der Waals surface area contributed by atoms with Gasteiger partial charge in [0.15, 0.2) is 0 Å². The summed E-state index contributed by atoms with van der Waals surface area (Å²) in [7, 11) is -3.45. The van der Waals surface area contributed by atoms with Crippen LogP contribution in [0.5, 0.6) is 0 Å². The van der Waals surface area contributed by atoms with E-state index < -0.39 is 10.0 Å². The monoisotopic (exact) mass is 303 g/mol. The molecule has 110 valence electrons. The van der Waals surface area contributed by atoms with Crippen LogP contribution in [0.4, 0.5) is 0 Å². The van der Waals surface area contributed by atoms with Crippen molar-refractivity contribution in [3.63, 3.8) is 0 Å². The number of aldehydes is 1. The van der Waals surface area contributed by atoms with E-state index in [-0.39, 0.29) is 4.90 Å². The quantitative estimate of drug-likeness (QED) is 0.864. The minimum Gasteiger partial charge on any atom is -0.298 e. The third-order valence-electron chi connectivity index (χ3n) is 3.18. The number of carbonyl (C=O) groups excluding carboxylic acids is 1. The highest BCUT2D eigenvalue weighted by molar-refractivity contribution is 7.89. The summed E-state index contributed by atoms with van der Waals surface area (Å²) in [6, 6.07) is 12.2. The Kier molecular flexibility index (Phi) is 4.55. The fraction of sp³-hybridized carbons (Fsp3) is 0.188. The molecule has 0 radical (unpaired) electrons. The first-order chi connectivity index (χ1) is 9.97. The Bertz CT molecular complexity index is 767. The fourth-order valence-corrected chi connectivity index (χ4v) is 3.31. The maximum Gasteiger partial charge on any atom is 0.240 e. The van der Waals surface area contributed by atoms with Crippen LogP contribution < -0.4 is 4.72 Å². The van der Waals surface area contributed by atoms with E-state index in [0.717, 1.165) is 23.0 Å². The van der Waals surface area contributed by atoms with Crippen molar-refractivity contribution in [2.24, 2.45) is 0 Å². The van der Waals surface area contributed by atoms with Gasteiger partial charge in [0.05, 0.1) is 4.90 Å². The molecule has 5 heteroatoms. The van der Waals surface area contributed by atoms with Gasteiger partial charge in [0.25, 0.3) is 0 Å². The topological polar surface area (TPSA) is 63.2 Å². The first-order valence-electron chi connectivity index (χ1n) is 6.64. The molecule has 0 aliphatic carbocycles. The first kappa shape index (κ1) is 15.4. The SMILES string of the molecule is CCNS(=O)(=O)c1ccc(-c2cccc(C=O)c2)c(C)c1. The molecule has 1 N–H and O–H groups in total. The molecule has 4 nitrogen and oxygen atoms in total. The molecule has 0 spiro atoms. The van der Waals surface area contributed by atoms with Gasteiger partial charge in [-0.2, -0.15) is 0 Å². The molecule has 0 unspecified atom stereocenters. The maximum atomic E-state index is 12.0. The van der Waals surface area contributed by atoms with Gasteiger partial charge in [0.2, 0.25) is 10.0 Å². The largest absolute Gasteiger partial charge is 0.298 e. The van der Waals surface area contributed by atoms with Gasteiger partial charge in [0, 0.05) is 12.1 Å². The summed E-state index contributed by atoms with van der Waals surface area (Å²) in [6.07, 6.45) is 0.794. The first-order valence-corrected chi connectivity index (χ1v) is 8.12. The number of aryl methyl sites for hydroxylation is 1. The zero-order valence-electron chi connectivity index (χ0n) is 12.0. The zero-order valence-corrected chi connectivity index (χ0v) is 12.8. The summed E-state index contributed by atoms with van der Waals surface area (Å²) < 4.78 is 26.4. The molecule has 0 fully saturated rings. The van der Waals surface area contributed by atoms with Gasteiger partial charge in [-0.15, -0.1) is 0 Å². The lowest BCUT2D eigenvalue weighted by Gasteiger charge is -2.10. The standard InChI is InChI=1S/C16H17NO3S/c1-3-17-21(19,20)15-7-8-16(12(2)9-15)14-6-4-5-13(10-14)11-18/h4-11,17H,3H2,1-2H3. The second-order valence-corrected chi connectivity index (χ2v) is 6.49. The van der Waals surface area contributed by atoms with Crippen LogP contribution in [-0.2, 0) is 10.0 Å². The Labute approximate surface area is 124 Å². The van der Waals surface area contributed by atoms with Crippen molar-refractivity contribution >= 4 is 16.3 Å². The molecule has 0 bridgehead atoms. The molecule has 0 heterocycles. The van der Waals surface area contributed by atoms with Crippen LogP contribution >= 0.6 is 0 Å². The van der Waals surface area contributed by atoms with Crippen LogP contribution in [0.2, 0.25) is 0 Å². The van der Waals surface area contributed by atoms with E-state index in [9.17, 15) is 13.2 Å². The van der Waals surface area contributed by atoms with E-state index in [1.54, 1.807) is 37.3 Å². The number of hydrogen-bond acceptors (Lipinski definition) is 3. The molecule has 0 atom stereocenters.